The minimum Gasteiger partial charge on any atom is -0.366 e. The average Bonchev–Trinajstić information content (AvgIpc) is 2.45. The van der Waals surface area contributed by atoms with Gasteiger partial charge < -0.3 is 10.3 Å². The van der Waals surface area contributed by atoms with E-state index in [1.165, 1.54) is 0 Å². The summed E-state index contributed by atoms with van der Waals surface area (Å²) in [5.41, 5.74) is 0.446. The van der Waals surface area contributed by atoms with Gasteiger partial charge in [0.1, 0.15) is 17.7 Å². The average molecular weight is 269 g/mol. The predicted octanol–water partition coefficient (Wildman–Crippen LogP) is 1.77. The molecular formula is C14H15N5O. The van der Waals surface area contributed by atoms with Crippen molar-refractivity contribution in [1.82, 2.24) is 15.0 Å². The number of hydrogen-bond donors (Lipinski definition) is 2. The van der Waals surface area contributed by atoms with Crippen LogP contribution in [0.3, 0.4) is 0 Å². The lowest BCUT2D eigenvalue weighted by Crippen LogP contribution is -2.19. The molecule has 0 radical (unpaired) electrons. The third-order valence-electron chi connectivity index (χ3n) is 2.79. The van der Waals surface area contributed by atoms with Gasteiger partial charge in [-0.1, -0.05) is 19.9 Å². The highest BCUT2D eigenvalue weighted by Crippen LogP contribution is 2.13. The normalized spacial score (nSPS) is 10.3. The molecule has 0 aliphatic carbocycles. The van der Waals surface area contributed by atoms with Crippen molar-refractivity contribution >= 4 is 5.82 Å². The van der Waals surface area contributed by atoms with Crippen molar-refractivity contribution < 1.29 is 0 Å². The number of hydrogen-bond acceptors (Lipinski definition) is 5. The van der Waals surface area contributed by atoms with Crippen LogP contribution in [0.4, 0.5) is 5.82 Å². The van der Waals surface area contributed by atoms with E-state index in [4.69, 9.17) is 5.26 Å². The molecule has 6 nitrogen and oxygen atoms in total. The van der Waals surface area contributed by atoms with Crippen LogP contribution in [0.5, 0.6) is 0 Å². The van der Waals surface area contributed by atoms with Gasteiger partial charge >= 0.3 is 0 Å². The Morgan fingerprint density at radius 3 is 2.90 bits per heavy atom. The smallest absolute Gasteiger partial charge is 0.293 e. The van der Waals surface area contributed by atoms with Gasteiger partial charge in [0.15, 0.2) is 5.56 Å². The van der Waals surface area contributed by atoms with Crippen LogP contribution < -0.4 is 10.9 Å². The summed E-state index contributed by atoms with van der Waals surface area (Å²) < 4.78 is 0. The molecule has 102 valence electrons. The highest BCUT2D eigenvalue weighted by molar-refractivity contribution is 5.50. The van der Waals surface area contributed by atoms with Crippen LogP contribution in [0.25, 0.3) is 0 Å². The predicted molar refractivity (Wildman–Crippen MR) is 75.2 cm³/mol. The first-order valence-corrected chi connectivity index (χ1v) is 6.29. The highest BCUT2D eigenvalue weighted by Gasteiger charge is 2.12. The van der Waals surface area contributed by atoms with E-state index in [2.05, 4.69) is 20.3 Å². The Balaban J connectivity index is 2.30. The summed E-state index contributed by atoms with van der Waals surface area (Å²) >= 11 is 0. The Morgan fingerprint density at radius 1 is 1.50 bits per heavy atom. The molecule has 2 heterocycles. The van der Waals surface area contributed by atoms with Crippen LogP contribution in [0.1, 0.15) is 36.7 Å². The molecule has 6 heteroatoms. The largest absolute Gasteiger partial charge is 0.366 e. The second-order valence-electron chi connectivity index (χ2n) is 4.66. The Bertz CT molecular complexity index is 685. The number of anilines is 1. The number of aromatic amines is 1. The van der Waals surface area contributed by atoms with Gasteiger partial charge in [-0.25, -0.2) is 0 Å². The molecular weight excluding hydrogens is 254 g/mol. The van der Waals surface area contributed by atoms with Crippen LogP contribution in [-0.2, 0) is 6.54 Å². The topological polar surface area (TPSA) is 94.5 Å². The summed E-state index contributed by atoms with van der Waals surface area (Å²) in [7, 11) is 0. The van der Waals surface area contributed by atoms with E-state index in [1.807, 2.05) is 32.0 Å². The van der Waals surface area contributed by atoms with E-state index in [9.17, 15) is 4.79 Å². The summed E-state index contributed by atoms with van der Waals surface area (Å²) in [6, 6.07) is 5.62. The molecule has 0 unspecified atom stereocenters. The molecule has 0 aliphatic heterocycles. The first-order chi connectivity index (χ1) is 9.61. The third kappa shape index (κ3) is 3.01. The summed E-state index contributed by atoms with van der Waals surface area (Å²) in [6.07, 6.45) is 3.41. The van der Waals surface area contributed by atoms with Crippen molar-refractivity contribution in [1.29, 1.82) is 5.26 Å². The molecule has 2 N–H and O–H groups in total. The molecule has 0 saturated carbocycles. The van der Waals surface area contributed by atoms with Gasteiger partial charge in [-0.2, -0.15) is 10.2 Å². The fourth-order valence-corrected chi connectivity index (χ4v) is 1.69. The maximum atomic E-state index is 11.8. The Hall–Kier alpha value is -2.68. The van der Waals surface area contributed by atoms with E-state index >= 15 is 0 Å². The van der Waals surface area contributed by atoms with Gasteiger partial charge in [0, 0.05) is 24.9 Å². The molecule has 0 aliphatic rings. The van der Waals surface area contributed by atoms with Crippen molar-refractivity contribution in [3.63, 3.8) is 0 Å². The van der Waals surface area contributed by atoms with Crippen LogP contribution in [0.15, 0.2) is 29.3 Å². The Morgan fingerprint density at radius 2 is 2.30 bits per heavy atom. The molecule has 0 aromatic carbocycles. The second kappa shape index (κ2) is 5.97. The summed E-state index contributed by atoms with van der Waals surface area (Å²) in [5.74, 6) is 1.04. The van der Waals surface area contributed by atoms with Crippen molar-refractivity contribution in [3.05, 3.63) is 51.8 Å². The molecule has 20 heavy (non-hydrogen) atoms. The van der Waals surface area contributed by atoms with Gasteiger partial charge in [-0.15, -0.1) is 0 Å². The molecule has 2 rings (SSSR count). The zero-order chi connectivity index (χ0) is 14.5. The standard InChI is InChI=1S/C14H15N5O/c1-9(2)12-18-13(11(6-15)14(20)19-12)17-8-10-4-3-5-16-7-10/h3-5,7,9H,8H2,1-2H3,(H2,17,18,19,20). The maximum absolute atomic E-state index is 11.8. The SMILES string of the molecule is CC(C)c1nc(=O)c(C#N)c(NCc2cccnc2)[nH]1. The Labute approximate surface area is 116 Å². The number of pyridine rings is 1. The number of nitrogens with one attached hydrogen (secondary N) is 2. The molecule has 0 atom stereocenters. The zero-order valence-corrected chi connectivity index (χ0v) is 11.3. The van der Waals surface area contributed by atoms with Crippen LogP contribution in [0.2, 0.25) is 0 Å². The number of H-pyrrole nitrogens is 1. The van der Waals surface area contributed by atoms with E-state index in [-0.39, 0.29) is 11.5 Å². The minimum atomic E-state index is -0.511. The van der Waals surface area contributed by atoms with Crippen molar-refractivity contribution in [2.45, 2.75) is 26.3 Å². The summed E-state index contributed by atoms with van der Waals surface area (Å²) in [6.45, 7) is 4.32. The van der Waals surface area contributed by atoms with Crippen molar-refractivity contribution in [2.75, 3.05) is 5.32 Å². The van der Waals surface area contributed by atoms with E-state index in [1.54, 1.807) is 12.4 Å². The number of rotatable bonds is 4. The van der Waals surface area contributed by atoms with E-state index < -0.39 is 5.56 Å². The maximum Gasteiger partial charge on any atom is 0.293 e. The lowest BCUT2D eigenvalue weighted by Gasteiger charge is -2.11. The first-order valence-electron chi connectivity index (χ1n) is 6.29. The van der Waals surface area contributed by atoms with E-state index in [0.29, 0.717) is 18.2 Å². The fourth-order valence-electron chi connectivity index (χ4n) is 1.69. The van der Waals surface area contributed by atoms with E-state index in [0.717, 1.165) is 5.56 Å². The molecule has 0 fully saturated rings. The lowest BCUT2D eigenvalue weighted by molar-refractivity contribution is 0.765. The van der Waals surface area contributed by atoms with Crippen molar-refractivity contribution in [2.24, 2.45) is 0 Å². The van der Waals surface area contributed by atoms with Gasteiger partial charge in [-0.05, 0) is 11.6 Å². The van der Waals surface area contributed by atoms with Gasteiger partial charge in [0.05, 0.1) is 0 Å². The number of aromatic nitrogens is 3. The third-order valence-corrected chi connectivity index (χ3v) is 2.79. The molecule has 0 spiro atoms. The second-order valence-corrected chi connectivity index (χ2v) is 4.66. The minimum absolute atomic E-state index is 0.00158. The molecule has 0 saturated heterocycles. The number of nitrogens with zero attached hydrogens (tertiary/aromatic N) is 3. The first kappa shape index (κ1) is 13.7. The molecule has 2 aromatic rings. The zero-order valence-electron chi connectivity index (χ0n) is 11.3. The Kier molecular flexibility index (Phi) is 4.11. The molecule has 0 amide bonds. The molecule has 2 aromatic heterocycles. The van der Waals surface area contributed by atoms with Gasteiger partial charge in [-0.3, -0.25) is 9.78 Å². The highest BCUT2D eigenvalue weighted by atomic mass is 16.1. The van der Waals surface area contributed by atoms with Crippen LogP contribution in [-0.4, -0.2) is 15.0 Å². The molecule has 0 bridgehead atoms. The quantitative estimate of drug-likeness (QED) is 0.882. The fraction of sp³-hybridized carbons (Fsp3) is 0.286. The monoisotopic (exact) mass is 269 g/mol. The van der Waals surface area contributed by atoms with Gasteiger partial charge in [0.2, 0.25) is 0 Å². The van der Waals surface area contributed by atoms with Gasteiger partial charge in [0.25, 0.3) is 5.56 Å². The van der Waals surface area contributed by atoms with Crippen LogP contribution >= 0.6 is 0 Å². The van der Waals surface area contributed by atoms with Crippen molar-refractivity contribution in [3.8, 4) is 6.07 Å². The summed E-state index contributed by atoms with van der Waals surface area (Å²) in [5, 5.41) is 12.1. The summed E-state index contributed by atoms with van der Waals surface area (Å²) in [4.78, 5) is 22.7. The lowest BCUT2D eigenvalue weighted by atomic mass is 10.2. The number of nitriles is 1. The van der Waals surface area contributed by atoms with Crippen LogP contribution in [0, 0.1) is 11.3 Å².